The third kappa shape index (κ3) is 3.13. The fourth-order valence-electron chi connectivity index (χ4n) is 1.51. The molecule has 1 rings (SSSR count). The third-order valence-electron chi connectivity index (χ3n) is 2.35. The Balaban J connectivity index is 3.19. The molecule has 0 radical (unpaired) electrons. The van der Waals surface area contributed by atoms with E-state index in [9.17, 15) is 9.59 Å². The average molecular weight is 240 g/mol. The SMILES string of the molecule is CCCc1ncn(CCOC)c(=O)c1C(=O)O. The van der Waals surface area contributed by atoms with Crippen molar-refractivity contribution in [2.45, 2.75) is 26.3 Å². The van der Waals surface area contributed by atoms with E-state index in [0.29, 0.717) is 25.3 Å². The molecule has 6 heteroatoms. The van der Waals surface area contributed by atoms with Crippen LogP contribution in [0.3, 0.4) is 0 Å². The molecule has 0 aromatic carbocycles. The number of hydrogen-bond acceptors (Lipinski definition) is 4. The quantitative estimate of drug-likeness (QED) is 0.784. The van der Waals surface area contributed by atoms with Gasteiger partial charge in [-0.05, 0) is 6.42 Å². The van der Waals surface area contributed by atoms with Crippen molar-refractivity contribution in [3.05, 3.63) is 27.9 Å². The number of rotatable bonds is 6. The first-order chi connectivity index (χ1) is 8.11. The minimum Gasteiger partial charge on any atom is -0.477 e. The van der Waals surface area contributed by atoms with E-state index >= 15 is 0 Å². The molecular formula is C11H16N2O4. The van der Waals surface area contributed by atoms with Crippen LogP contribution in [0.15, 0.2) is 11.1 Å². The van der Waals surface area contributed by atoms with E-state index in [1.807, 2.05) is 6.92 Å². The van der Waals surface area contributed by atoms with Gasteiger partial charge in [0.25, 0.3) is 5.56 Å². The Bertz CT molecular complexity index is 453. The van der Waals surface area contributed by atoms with Crippen molar-refractivity contribution in [1.82, 2.24) is 9.55 Å². The summed E-state index contributed by atoms with van der Waals surface area (Å²) < 4.78 is 6.10. The molecule has 1 aromatic rings. The van der Waals surface area contributed by atoms with Crippen LogP contribution in [-0.4, -0.2) is 34.3 Å². The van der Waals surface area contributed by atoms with Gasteiger partial charge >= 0.3 is 5.97 Å². The second kappa shape index (κ2) is 6.15. The second-order valence-corrected chi connectivity index (χ2v) is 3.61. The summed E-state index contributed by atoms with van der Waals surface area (Å²) in [7, 11) is 1.52. The van der Waals surface area contributed by atoms with Gasteiger partial charge in [-0.1, -0.05) is 13.3 Å². The minimum atomic E-state index is -1.22. The Kier molecular flexibility index (Phi) is 4.84. The molecule has 0 unspecified atom stereocenters. The molecule has 0 aliphatic carbocycles. The first-order valence-corrected chi connectivity index (χ1v) is 5.42. The number of methoxy groups -OCH3 is 1. The van der Waals surface area contributed by atoms with Gasteiger partial charge in [-0.3, -0.25) is 9.36 Å². The van der Waals surface area contributed by atoms with Gasteiger partial charge in [0, 0.05) is 7.11 Å². The molecule has 17 heavy (non-hydrogen) atoms. The molecule has 0 amide bonds. The molecule has 1 N–H and O–H groups in total. The van der Waals surface area contributed by atoms with Gasteiger partial charge in [0.1, 0.15) is 5.56 Å². The molecule has 1 heterocycles. The summed E-state index contributed by atoms with van der Waals surface area (Å²) >= 11 is 0. The molecule has 0 aliphatic rings. The molecule has 0 saturated carbocycles. The number of aryl methyl sites for hydroxylation is 1. The van der Waals surface area contributed by atoms with Crippen LogP contribution in [0, 0.1) is 0 Å². The van der Waals surface area contributed by atoms with Crippen molar-refractivity contribution < 1.29 is 14.6 Å². The molecule has 1 aromatic heterocycles. The highest BCUT2D eigenvalue weighted by molar-refractivity contribution is 5.88. The maximum atomic E-state index is 11.9. The number of hydrogen-bond donors (Lipinski definition) is 1. The van der Waals surface area contributed by atoms with Gasteiger partial charge in [-0.2, -0.15) is 0 Å². The van der Waals surface area contributed by atoms with Crippen LogP contribution in [0.5, 0.6) is 0 Å². The lowest BCUT2D eigenvalue weighted by Crippen LogP contribution is -2.30. The average Bonchev–Trinajstić information content (AvgIpc) is 2.28. The van der Waals surface area contributed by atoms with Crippen molar-refractivity contribution >= 4 is 5.97 Å². The topological polar surface area (TPSA) is 81.4 Å². The number of aromatic nitrogens is 2. The number of ether oxygens (including phenoxy) is 1. The summed E-state index contributed by atoms with van der Waals surface area (Å²) in [5.41, 5.74) is -0.405. The van der Waals surface area contributed by atoms with Gasteiger partial charge in [-0.15, -0.1) is 0 Å². The standard InChI is InChI=1S/C11H16N2O4/c1-3-4-8-9(11(15)16)10(14)13(7-12-8)5-6-17-2/h7H,3-6H2,1-2H3,(H,15,16). The molecule has 0 spiro atoms. The van der Waals surface area contributed by atoms with Gasteiger partial charge in [0.15, 0.2) is 0 Å². The van der Waals surface area contributed by atoms with Gasteiger partial charge in [-0.25, -0.2) is 9.78 Å². The molecule has 0 fully saturated rings. The van der Waals surface area contributed by atoms with Crippen molar-refractivity contribution in [1.29, 1.82) is 0 Å². The summed E-state index contributed by atoms with van der Waals surface area (Å²) in [4.78, 5) is 27.0. The summed E-state index contributed by atoms with van der Waals surface area (Å²) in [5, 5.41) is 9.04. The fourth-order valence-corrected chi connectivity index (χ4v) is 1.51. The number of carboxylic acid groups (broad SMARTS) is 1. The Morgan fingerprint density at radius 1 is 1.59 bits per heavy atom. The Hall–Kier alpha value is -1.69. The second-order valence-electron chi connectivity index (χ2n) is 3.61. The van der Waals surface area contributed by atoms with Crippen molar-refractivity contribution in [2.75, 3.05) is 13.7 Å². The number of carbonyl (C=O) groups is 1. The molecule has 0 saturated heterocycles. The van der Waals surface area contributed by atoms with Gasteiger partial charge in [0.05, 0.1) is 25.2 Å². The van der Waals surface area contributed by atoms with Crippen LogP contribution in [0.1, 0.15) is 29.4 Å². The van der Waals surface area contributed by atoms with Crippen LogP contribution < -0.4 is 5.56 Å². The zero-order valence-electron chi connectivity index (χ0n) is 9.97. The number of nitrogens with zero attached hydrogens (tertiary/aromatic N) is 2. The molecule has 0 aliphatic heterocycles. The van der Waals surface area contributed by atoms with Gasteiger partial charge < -0.3 is 9.84 Å². The zero-order chi connectivity index (χ0) is 12.8. The third-order valence-corrected chi connectivity index (χ3v) is 2.35. The fraction of sp³-hybridized carbons (Fsp3) is 0.545. The van der Waals surface area contributed by atoms with E-state index in [0.717, 1.165) is 6.42 Å². The predicted molar refractivity (Wildman–Crippen MR) is 61.3 cm³/mol. The Morgan fingerprint density at radius 3 is 2.82 bits per heavy atom. The number of aromatic carboxylic acids is 1. The van der Waals surface area contributed by atoms with Crippen LogP contribution in [0.4, 0.5) is 0 Å². The highest BCUT2D eigenvalue weighted by Gasteiger charge is 2.17. The first-order valence-electron chi connectivity index (χ1n) is 5.42. The molecule has 6 nitrogen and oxygen atoms in total. The molecule has 0 atom stereocenters. The summed E-state index contributed by atoms with van der Waals surface area (Å²) in [5.74, 6) is -1.22. The predicted octanol–water partition coefficient (Wildman–Crippen LogP) is 0.540. The van der Waals surface area contributed by atoms with Crippen molar-refractivity contribution in [2.24, 2.45) is 0 Å². The van der Waals surface area contributed by atoms with Crippen molar-refractivity contribution in [3.63, 3.8) is 0 Å². The highest BCUT2D eigenvalue weighted by Crippen LogP contribution is 2.03. The maximum Gasteiger partial charge on any atom is 0.343 e. The Labute approximate surface area is 98.9 Å². The molecular weight excluding hydrogens is 224 g/mol. The lowest BCUT2D eigenvalue weighted by atomic mass is 10.1. The first kappa shape index (κ1) is 13.4. The maximum absolute atomic E-state index is 11.9. The van der Waals surface area contributed by atoms with Crippen LogP contribution >= 0.6 is 0 Å². The van der Waals surface area contributed by atoms with Gasteiger partial charge in [0.2, 0.25) is 0 Å². The van der Waals surface area contributed by atoms with E-state index in [1.54, 1.807) is 0 Å². The lowest BCUT2D eigenvalue weighted by Gasteiger charge is -2.08. The van der Waals surface area contributed by atoms with Crippen molar-refractivity contribution in [3.8, 4) is 0 Å². The summed E-state index contributed by atoms with van der Waals surface area (Å²) in [6.07, 6.45) is 2.61. The molecule has 0 bridgehead atoms. The van der Waals surface area contributed by atoms with E-state index in [1.165, 1.54) is 18.0 Å². The van der Waals surface area contributed by atoms with Crippen LogP contribution in [-0.2, 0) is 17.7 Å². The van der Waals surface area contributed by atoms with Crippen LogP contribution in [0.2, 0.25) is 0 Å². The van der Waals surface area contributed by atoms with Crippen LogP contribution in [0.25, 0.3) is 0 Å². The minimum absolute atomic E-state index is 0.231. The Morgan fingerprint density at radius 2 is 2.29 bits per heavy atom. The highest BCUT2D eigenvalue weighted by atomic mass is 16.5. The zero-order valence-corrected chi connectivity index (χ0v) is 9.97. The number of carboxylic acids is 1. The summed E-state index contributed by atoms with van der Waals surface area (Å²) in [6, 6.07) is 0. The van der Waals surface area contributed by atoms with E-state index < -0.39 is 11.5 Å². The van der Waals surface area contributed by atoms with E-state index in [2.05, 4.69) is 4.98 Å². The normalized spacial score (nSPS) is 10.5. The van der Waals surface area contributed by atoms with E-state index in [4.69, 9.17) is 9.84 Å². The lowest BCUT2D eigenvalue weighted by molar-refractivity contribution is 0.0691. The summed E-state index contributed by atoms with van der Waals surface area (Å²) in [6.45, 7) is 2.55. The smallest absolute Gasteiger partial charge is 0.343 e. The van der Waals surface area contributed by atoms with E-state index in [-0.39, 0.29) is 5.56 Å². The molecule has 94 valence electrons. The monoisotopic (exact) mass is 240 g/mol. The largest absolute Gasteiger partial charge is 0.477 e.